The standard InChI is InChI=1S/C15H11N3S/c1-10-6-7-11(9-16)8-14(10)18-13-5-3-2-4-12(13)17-15(18)19/h2-8H,1H3,(H,17,19). The fraction of sp³-hybridized carbons (Fsp3) is 0.0667. The minimum atomic E-state index is 0.632. The number of hydrogen-bond acceptors (Lipinski definition) is 2. The average Bonchev–Trinajstić information content (AvgIpc) is 2.75. The lowest BCUT2D eigenvalue weighted by molar-refractivity contribution is 1.05. The Kier molecular flexibility index (Phi) is 2.69. The van der Waals surface area contributed by atoms with E-state index in [9.17, 15) is 0 Å². The highest BCUT2D eigenvalue weighted by Crippen LogP contribution is 2.22. The van der Waals surface area contributed by atoms with Crippen molar-refractivity contribution in [2.24, 2.45) is 0 Å². The number of nitrogens with one attached hydrogen (secondary N) is 1. The van der Waals surface area contributed by atoms with Crippen LogP contribution in [0.4, 0.5) is 0 Å². The summed E-state index contributed by atoms with van der Waals surface area (Å²) >= 11 is 5.40. The van der Waals surface area contributed by atoms with E-state index in [1.54, 1.807) is 0 Å². The van der Waals surface area contributed by atoms with Crippen LogP contribution in [0, 0.1) is 23.0 Å². The molecule has 2 aromatic carbocycles. The van der Waals surface area contributed by atoms with E-state index in [0.29, 0.717) is 10.3 Å². The van der Waals surface area contributed by atoms with E-state index in [-0.39, 0.29) is 0 Å². The lowest BCUT2D eigenvalue weighted by Gasteiger charge is -2.08. The summed E-state index contributed by atoms with van der Waals surface area (Å²) in [6.07, 6.45) is 0. The number of para-hydroxylation sites is 2. The van der Waals surface area contributed by atoms with Gasteiger partial charge in [0.25, 0.3) is 0 Å². The molecule has 3 rings (SSSR count). The van der Waals surface area contributed by atoms with Gasteiger partial charge < -0.3 is 4.98 Å². The maximum absolute atomic E-state index is 9.04. The Morgan fingerprint density at radius 3 is 2.79 bits per heavy atom. The van der Waals surface area contributed by atoms with Gasteiger partial charge in [0, 0.05) is 0 Å². The minimum absolute atomic E-state index is 0.632. The van der Waals surface area contributed by atoms with Crippen LogP contribution in [-0.2, 0) is 0 Å². The lowest BCUT2D eigenvalue weighted by atomic mass is 10.1. The Hall–Kier alpha value is -2.38. The fourth-order valence-corrected chi connectivity index (χ4v) is 2.52. The molecule has 92 valence electrons. The molecule has 1 aromatic heterocycles. The molecule has 0 aliphatic heterocycles. The van der Waals surface area contributed by atoms with Gasteiger partial charge in [0.15, 0.2) is 4.77 Å². The summed E-state index contributed by atoms with van der Waals surface area (Å²) < 4.78 is 2.61. The summed E-state index contributed by atoms with van der Waals surface area (Å²) in [5, 5.41) is 9.04. The predicted octanol–water partition coefficient (Wildman–Crippen LogP) is 3.87. The van der Waals surface area contributed by atoms with Crippen molar-refractivity contribution in [1.82, 2.24) is 9.55 Å². The van der Waals surface area contributed by atoms with Crippen LogP contribution >= 0.6 is 12.2 Å². The third kappa shape index (κ3) is 1.85. The molecule has 0 saturated carbocycles. The number of aromatic nitrogens is 2. The Morgan fingerprint density at radius 1 is 1.21 bits per heavy atom. The van der Waals surface area contributed by atoms with Gasteiger partial charge in [-0.05, 0) is 49.0 Å². The second kappa shape index (κ2) is 4.38. The van der Waals surface area contributed by atoms with Crippen molar-refractivity contribution < 1.29 is 0 Å². The highest BCUT2D eigenvalue weighted by atomic mass is 32.1. The molecule has 0 amide bonds. The van der Waals surface area contributed by atoms with E-state index < -0.39 is 0 Å². The van der Waals surface area contributed by atoms with Gasteiger partial charge in [0.2, 0.25) is 0 Å². The van der Waals surface area contributed by atoms with Gasteiger partial charge in [-0.25, -0.2) is 0 Å². The van der Waals surface area contributed by atoms with E-state index in [1.165, 1.54) is 0 Å². The van der Waals surface area contributed by atoms with E-state index in [2.05, 4.69) is 11.1 Å². The zero-order chi connectivity index (χ0) is 13.4. The van der Waals surface area contributed by atoms with Crippen molar-refractivity contribution in [3.8, 4) is 11.8 Å². The average molecular weight is 265 g/mol. The summed E-state index contributed by atoms with van der Waals surface area (Å²) in [4.78, 5) is 3.19. The van der Waals surface area contributed by atoms with Crippen molar-refractivity contribution >= 4 is 23.3 Å². The second-order valence-electron chi connectivity index (χ2n) is 4.40. The number of aryl methyl sites for hydroxylation is 1. The van der Waals surface area contributed by atoms with Gasteiger partial charge in [0.1, 0.15) is 0 Å². The SMILES string of the molecule is Cc1ccc(C#N)cc1-n1c(=S)[nH]c2ccccc21. The molecule has 0 saturated heterocycles. The molecule has 3 aromatic rings. The third-order valence-corrected chi connectivity index (χ3v) is 3.45. The first-order valence-electron chi connectivity index (χ1n) is 5.91. The third-order valence-electron chi connectivity index (χ3n) is 3.17. The predicted molar refractivity (Wildman–Crippen MR) is 77.9 cm³/mol. The number of imidazole rings is 1. The zero-order valence-electron chi connectivity index (χ0n) is 10.3. The van der Waals surface area contributed by atoms with Crippen LogP contribution in [0.2, 0.25) is 0 Å². The molecule has 1 heterocycles. The first-order chi connectivity index (χ1) is 9.20. The van der Waals surface area contributed by atoms with Crippen LogP contribution in [0.25, 0.3) is 16.7 Å². The summed E-state index contributed by atoms with van der Waals surface area (Å²) in [5.41, 5.74) is 4.68. The number of benzene rings is 2. The Labute approximate surface area is 115 Å². The lowest BCUT2D eigenvalue weighted by Crippen LogP contribution is -1.97. The number of rotatable bonds is 1. The molecule has 19 heavy (non-hydrogen) atoms. The van der Waals surface area contributed by atoms with Gasteiger partial charge in [-0.3, -0.25) is 4.57 Å². The van der Waals surface area contributed by atoms with Crippen molar-refractivity contribution in [2.45, 2.75) is 6.92 Å². The van der Waals surface area contributed by atoms with Gasteiger partial charge in [0.05, 0.1) is 28.4 Å². The van der Waals surface area contributed by atoms with Gasteiger partial charge in [-0.15, -0.1) is 0 Å². The number of fused-ring (bicyclic) bond motifs is 1. The van der Waals surface area contributed by atoms with E-state index in [4.69, 9.17) is 17.5 Å². The molecule has 0 aliphatic carbocycles. The van der Waals surface area contributed by atoms with Crippen LogP contribution < -0.4 is 0 Å². The molecule has 0 unspecified atom stereocenters. The summed E-state index contributed by atoms with van der Waals surface area (Å²) in [7, 11) is 0. The number of nitrogens with zero attached hydrogens (tertiary/aromatic N) is 2. The van der Waals surface area contributed by atoms with Crippen molar-refractivity contribution in [3.63, 3.8) is 0 Å². The van der Waals surface area contributed by atoms with Crippen LogP contribution in [0.5, 0.6) is 0 Å². The molecule has 3 nitrogen and oxygen atoms in total. The molecule has 0 radical (unpaired) electrons. The van der Waals surface area contributed by atoms with Crippen LogP contribution in [0.15, 0.2) is 42.5 Å². The molecule has 0 bridgehead atoms. The summed E-state index contributed by atoms with van der Waals surface area (Å²) in [6.45, 7) is 2.01. The van der Waals surface area contributed by atoms with Crippen molar-refractivity contribution in [3.05, 3.63) is 58.4 Å². The topological polar surface area (TPSA) is 44.5 Å². The highest BCUT2D eigenvalue weighted by molar-refractivity contribution is 7.71. The van der Waals surface area contributed by atoms with Crippen LogP contribution in [0.3, 0.4) is 0 Å². The largest absolute Gasteiger partial charge is 0.330 e. The quantitative estimate of drug-likeness (QED) is 0.679. The number of H-pyrrole nitrogens is 1. The molecule has 0 aliphatic rings. The minimum Gasteiger partial charge on any atom is -0.330 e. The van der Waals surface area contributed by atoms with Gasteiger partial charge in [-0.2, -0.15) is 5.26 Å². The van der Waals surface area contributed by atoms with Crippen LogP contribution in [0.1, 0.15) is 11.1 Å². The van der Waals surface area contributed by atoms with Gasteiger partial charge in [-0.1, -0.05) is 18.2 Å². The Balaban J connectivity index is 2.40. The number of nitriles is 1. The summed E-state index contributed by atoms with van der Waals surface area (Å²) in [6, 6.07) is 15.7. The van der Waals surface area contributed by atoms with E-state index >= 15 is 0 Å². The van der Waals surface area contributed by atoms with Gasteiger partial charge >= 0.3 is 0 Å². The molecular weight excluding hydrogens is 254 g/mol. The maximum Gasteiger partial charge on any atom is 0.182 e. The maximum atomic E-state index is 9.04. The highest BCUT2D eigenvalue weighted by Gasteiger charge is 2.09. The number of hydrogen-bond donors (Lipinski definition) is 1. The second-order valence-corrected chi connectivity index (χ2v) is 4.78. The van der Waals surface area contributed by atoms with E-state index in [1.807, 2.05) is 54.0 Å². The normalized spacial score (nSPS) is 10.5. The molecule has 0 spiro atoms. The molecule has 1 N–H and O–H groups in total. The monoisotopic (exact) mass is 265 g/mol. The zero-order valence-corrected chi connectivity index (χ0v) is 11.2. The smallest absolute Gasteiger partial charge is 0.182 e. The molecular formula is C15H11N3S. The Bertz CT molecular complexity index is 865. The summed E-state index contributed by atoms with van der Waals surface area (Å²) in [5.74, 6) is 0. The van der Waals surface area contributed by atoms with Crippen molar-refractivity contribution in [2.75, 3.05) is 0 Å². The van der Waals surface area contributed by atoms with Crippen molar-refractivity contribution in [1.29, 1.82) is 5.26 Å². The first kappa shape index (κ1) is 11.7. The number of aromatic amines is 1. The molecule has 4 heteroatoms. The fourth-order valence-electron chi connectivity index (χ4n) is 2.21. The van der Waals surface area contributed by atoms with Crippen LogP contribution in [-0.4, -0.2) is 9.55 Å². The van der Waals surface area contributed by atoms with E-state index in [0.717, 1.165) is 22.3 Å². The Morgan fingerprint density at radius 2 is 2.00 bits per heavy atom. The first-order valence-corrected chi connectivity index (χ1v) is 6.32. The molecule has 0 atom stereocenters. The molecule has 0 fully saturated rings.